The second-order valence-corrected chi connectivity index (χ2v) is 7.19. The molecule has 0 aromatic rings. The molecule has 5 nitrogen and oxygen atoms in total. The number of hydrogen-bond acceptors (Lipinski definition) is 2. The summed E-state index contributed by atoms with van der Waals surface area (Å²) in [6.45, 7) is 1.98. The third kappa shape index (κ3) is 2.95. The Morgan fingerprint density at radius 2 is 1.50 bits per heavy atom. The molecule has 0 fully saturated rings. The Morgan fingerprint density at radius 1 is 1.20 bits per heavy atom. The molecule has 3 N–H and O–H groups in total. The molecule has 0 heterocycles. The number of hydrogen-bond donors (Lipinski definition) is 3. The zero-order valence-electron chi connectivity index (χ0n) is 5.63. The highest BCUT2D eigenvalue weighted by molar-refractivity contribution is 7.73. The molecule has 0 aromatic carbocycles. The molecule has 0 aliphatic rings. The summed E-state index contributed by atoms with van der Waals surface area (Å²) in [5, 5.41) is -1.46. The molecule has 0 aliphatic carbocycles. The van der Waals surface area contributed by atoms with Crippen molar-refractivity contribution >= 4 is 15.0 Å². The lowest BCUT2D eigenvalue weighted by Gasteiger charge is -2.15. The van der Waals surface area contributed by atoms with Crippen LogP contribution in [0.3, 0.4) is 0 Å². The molecule has 0 radical (unpaired) electrons. The van der Waals surface area contributed by atoms with Gasteiger partial charge in [-0.25, -0.2) is 0 Å². The molecule has 0 aliphatic heterocycles. The van der Waals surface area contributed by atoms with Crippen LogP contribution in [0.2, 0.25) is 0 Å². The average Bonchev–Trinajstić information content (AvgIpc) is 1.59. The van der Waals surface area contributed by atoms with E-state index in [0.29, 0.717) is 0 Å². The van der Waals surface area contributed by atoms with E-state index < -0.39 is 20.4 Å². The van der Waals surface area contributed by atoms with Gasteiger partial charge in [-0.05, 0) is 6.92 Å². The summed E-state index contributed by atoms with van der Waals surface area (Å²) in [6.07, 6.45) is 0. The zero-order valence-corrected chi connectivity index (χ0v) is 7.42. The summed E-state index contributed by atoms with van der Waals surface area (Å²) in [6, 6.07) is 0. The third-order valence-corrected chi connectivity index (χ3v) is 5.73. The molecule has 0 saturated carbocycles. The summed E-state index contributed by atoms with van der Waals surface area (Å²) >= 11 is 0. The van der Waals surface area contributed by atoms with E-state index in [4.69, 9.17) is 14.7 Å². The minimum Gasteiger partial charge on any atom is -0.344 e. The minimum atomic E-state index is -4.39. The van der Waals surface area contributed by atoms with Crippen LogP contribution in [0.25, 0.3) is 0 Å². The normalized spacial score (nSPS) is 21.7. The van der Waals surface area contributed by atoms with E-state index in [-0.39, 0.29) is 0 Å². The van der Waals surface area contributed by atoms with E-state index in [1.54, 1.807) is 0 Å². The van der Waals surface area contributed by atoms with Gasteiger partial charge in [-0.15, -0.1) is 0 Å². The molecule has 0 aromatic heterocycles. The lowest BCUT2D eigenvalue weighted by atomic mass is 11.0. The Kier molecular flexibility index (Phi) is 2.85. The van der Waals surface area contributed by atoms with Gasteiger partial charge >= 0.3 is 7.60 Å². The molecule has 7 heteroatoms. The lowest BCUT2D eigenvalue weighted by Crippen LogP contribution is -2.02. The molecule has 0 amide bonds. The Balaban J connectivity index is 4.56. The van der Waals surface area contributed by atoms with Gasteiger partial charge in [0, 0.05) is 6.66 Å². The highest BCUT2D eigenvalue weighted by Gasteiger charge is 2.36. The largest absolute Gasteiger partial charge is 0.344 e. The maximum absolute atomic E-state index is 10.6. The van der Waals surface area contributed by atoms with Crippen molar-refractivity contribution in [1.82, 2.24) is 0 Å². The number of rotatable bonds is 2. The second kappa shape index (κ2) is 2.76. The van der Waals surface area contributed by atoms with Crippen LogP contribution < -0.4 is 0 Å². The third-order valence-electron chi connectivity index (χ3n) is 1.18. The Bertz CT molecular complexity index is 177. The quantitative estimate of drug-likeness (QED) is 0.545. The van der Waals surface area contributed by atoms with Crippen molar-refractivity contribution in [2.45, 2.75) is 12.3 Å². The summed E-state index contributed by atoms with van der Waals surface area (Å²) < 4.78 is 21.0. The fourth-order valence-corrected chi connectivity index (χ4v) is 2.51. The fourth-order valence-electron chi connectivity index (χ4n) is 0.279. The molecular formula is C3H10O5P2. The van der Waals surface area contributed by atoms with Crippen LogP contribution in [0.5, 0.6) is 0 Å². The van der Waals surface area contributed by atoms with E-state index >= 15 is 0 Å². The maximum atomic E-state index is 10.6. The Labute approximate surface area is 58.7 Å². The second-order valence-electron chi connectivity index (χ2n) is 2.16. The first-order valence-electron chi connectivity index (χ1n) is 2.51. The van der Waals surface area contributed by atoms with E-state index in [0.717, 1.165) is 13.6 Å². The first-order valence-corrected chi connectivity index (χ1v) is 6.36. The van der Waals surface area contributed by atoms with Crippen LogP contribution in [0.4, 0.5) is 0 Å². The summed E-state index contributed by atoms with van der Waals surface area (Å²) in [5.74, 6) is 0. The molecule has 0 rings (SSSR count). The van der Waals surface area contributed by atoms with Gasteiger partial charge in [0.2, 0.25) is 7.37 Å². The maximum Gasteiger partial charge on any atom is 0.337 e. The highest BCUT2D eigenvalue weighted by Crippen LogP contribution is 2.59. The topological polar surface area (TPSA) is 94.8 Å². The van der Waals surface area contributed by atoms with E-state index in [9.17, 15) is 9.13 Å². The van der Waals surface area contributed by atoms with E-state index in [1.165, 1.54) is 0 Å². The van der Waals surface area contributed by atoms with Crippen molar-refractivity contribution in [3.63, 3.8) is 0 Å². The monoisotopic (exact) mass is 188 g/mol. The molecule has 2 unspecified atom stereocenters. The van der Waals surface area contributed by atoms with Crippen molar-refractivity contribution < 1.29 is 23.8 Å². The molecular weight excluding hydrogens is 178 g/mol. The standard InChI is InChI=1S/C3H10O5P2/c1-3(9(2,4)5)10(6,7)8/h3H,1-2H3,(H,4,5)(H2,6,7,8). The van der Waals surface area contributed by atoms with Crippen molar-refractivity contribution in [2.75, 3.05) is 6.66 Å². The molecule has 62 valence electrons. The van der Waals surface area contributed by atoms with Crippen molar-refractivity contribution in [3.8, 4) is 0 Å². The van der Waals surface area contributed by atoms with Crippen molar-refractivity contribution in [1.29, 1.82) is 0 Å². The van der Waals surface area contributed by atoms with Gasteiger partial charge in [-0.1, -0.05) is 0 Å². The van der Waals surface area contributed by atoms with Gasteiger partial charge in [0.05, 0.1) is 0 Å². The smallest absolute Gasteiger partial charge is 0.337 e. The van der Waals surface area contributed by atoms with Crippen LogP contribution in [0.15, 0.2) is 0 Å². The van der Waals surface area contributed by atoms with Crippen LogP contribution in [0, 0.1) is 0 Å². The zero-order chi connectivity index (χ0) is 8.58. The first kappa shape index (κ1) is 10.3. The van der Waals surface area contributed by atoms with Gasteiger partial charge in [-0.2, -0.15) is 0 Å². The Morgan fingerprint density at radius 3 is 1.50 bits per heavy atom. The van der Waals surface area contributed by atoms with Gasteiger partial charge in [0.1, 0.15) is 5.40 Å². The summed E-state index contributed by atoms with van der Waals surface area (Å²) in [5.41, 5.74) is 0. The molecule has 0 bridgehead atoms. The highest BCUT2D eigenvalue weighted by atomic mass is 31.2. The predicted octanol–water partition coefficient (Wildman–Crippen LogP) is 0.410. The van der Waals surface area contributed by atoms with Crippen LogP contribution >= 0.6 is 15.0 Å². The minimum absolute atomic E-state index is 0.927. The SMILES string of the molecule is CC(P(C)(=O)O)P(=O)(O)O. The van der Waals surface area contributed by atoms with Gasteiger partial charge < -0.3 is 14.7 Å². The van der Waals surface area contributed by atoms with Crippen LogP contribution in [-0.4, -0.2) is 26.7 Å². The van der Waals surface area contributed by atoms with Gasteiger partial charge in [0.15, 0.2) is 0 Å². The summed E-state index contributed by atoms with van der Waals surface area (Å²) in [7, 11) is -8.03. The van der Waals surface area contributed by atoms with E-state index in [2.05, 4.69) is 0 Å². The Hall–Kier alpha value is 0.340. The summed E-state index contributed by atoms with van der Waals surface area (Å²) in [4.78, 5) is 25.5. The van der Waals surface area contributed by atoms with Crippen molar-refractivity contribution in [2.24, 2.45) is 0 Å². The van der Waals surface area contributed by atoms with Crippen LogP contribution in [0.1, 0.15) is 6.92 Å². The molecule has 2 atom stereocenters. The molecule has 10 heavy (non-hydrogen) atoms. The van der Waals surface area contributed by atoms with Crippen LogP contribution in [-0.2, 0) is 9.13 Å². The van der Waals surface area contributed by atoms with Gasteiger partial charge in [-0.3, -0.25) is 9.13 Å². The predicted molar refractivity (Wildman–Crippen MR) is 37.3 cm³/mol. The lowest BCUT2D eigenvalue weighted by molar-refractivity contribution is 0.366. The van der Waals surface area contributed by atoms with Gasteiger partial charge in [0.25, 0.3) is 0 Å². The fraction of sp³-hybridized carbons (Fsp3) is 1.00. The molecule has 0 spiro atoms. The first-order chi connectivity index (χ1) is 4.15. The van der Waals surface area contributed by atoms with Crippen molar-refractivity contribution in [3.05, 3.63) is 0 Å². The van der Waals surface area contributed by atoms with E-state index in [1.807, 2.05) is 0 Å². The average molecular weight is 188 g/mol. The molecule has 0 saturated heterocycles.